The summed E-state index contributed by atoms with van der Waals surface area (Å²) in [5.74, 6) is 0. The average molecular weight is 175 g/mol. The predicted octanol–water partition coefficient (Wildman–Crippen LogP) is 3.16. The minimum atomic E-state index is 0.349. The van der Waals surface area contributed by atoms with E-state index in [0.717, 1.165) is 0 Å². The van der Waals surface area contributed by atoms with Gasteiger partial charge in [-0.1, -0.05) is 26.8 Å². The molecule has 0 aromatic carbocycles. The van der Waals surface area contributed by atoms with Crippen molar-refractivity contribution < 1.29 is 0 Å². The molecule has 0 bridgehead atoms. The number of rotatable bonds is 1. The molecule has 0 radical (unpaired) electrons. The number of hydrogen-bond acceptors (Lipinski definition) is 1. The summed E-state index contributed by atoms with van der Waals surface area (Å²) in [4.78, 5) is 4.48. The first-order valence-electron chi connectivity index (χ1n) is 4.98. The molecule has 0 atom stereocenters. The summed E-state index contributed by atoms with van der Waals surface area (Å²) in [6.07, 6.45) is 4.50. The predicted molar refractivity (Wildman–Crippen MR) is 54.6 cm³/mol. The molecule has 0 aliphatic heterocycles. The second-order valence-corrected chi connectivity index (χ2v) is 5.05. The van der Waals surface area contributed by atoms with Gasteiger partial charge in [-0.3, -0.25) is 4.98 Å². The first kappa shape index (κ1) is 8.74. The van der Waals surface area contributed by atoms with Gasteiger partial charge in [-0.25, -0.2) is 0 Å². The maximum Gasteiger partial charge on any atom is 0.0470 e. The van der Waals surface area contributed by atoms with E-state index in [-0.39, 0.29) is 0 Å². The van der Waals surface area contributed by atoms with E-state index < -0.39 is 0 Å². The lowest BCUT2D eigenvalue weighted by Crippen LogP contribution is -2.26. The second kappa shape index (κ2) is 2.57. The Morgan fingerprint density at radius 3 is 2.31 bits per heavy atom. The quantitative estimate of drug-likeness (QED) is 0.639. The molecule has 1 aromatic rings. The summed E-state index contributed by atoms with van der Waals surface area (Å²) in [6.45, 7) is 6.94. The Kier molecular flexibility index (Phi) is 1.73. The van der Waals surface area contributed by atoms with Gasteiger partial charge in [-0.2, -0.15) is 0 Å². The SMILES string of the molecule is CC(C)(C)C1(c2ccccn2)CC1. The van der Waals surface area contributed by atoms with Gasteiger partial charge in [-0.05, 0) is 30.4 Å². The molecular formula is C12H17N. The largest absolute Gasteiger partial charge is 0.261 e. The van der Waals surface area contributed by atoms with Crippen molar-refractivity contribution >= 4 is 0 Å². The molecule has 1 saturated carbocycles. The zero-order valence-electron chi connectivity index (χ0n) is 8.67. The van der Waals surface area contributed by atoms with Gasteiger partial charge in [0.25, 0.3) is 0 Å². The molecule has 0 unspecified atom stereocenters. The molecule has 1 aliphatic rings. The molecule has 70 valence electrons. The first-order chi connectivity index (χ1) is 6.06. The van der Waals surface area contributed by atoms with Crippen LogP contribution in [0.15, 0.2) is 24.4 Å². The third-order valence-corrected chi connectivity index (χ3v) is 3.34. The van der Waals surface area contributed by atoms with Gasteiger partial charge < -0.3 is 0 Å². The van der Waals surface area contributed by atoms with Crippen LogP contribution in [0.5, 0.6) is 0 Å². The highest BCUT2D eigenvalue weighted by atomic mass is 14.8. The fraction of sp³-hybridized carbons (Fsp3) is 0.583. The van der Waals surface area contributed by atoms with Gasteiger partial charge in [-0.15, -0.1) is 0 Å². The van der Waals surface area contributed by atoms with Gasteiger partial charge in [0.15, 0.2) is 0 Å². The van der Waals surface area contributed by atoms with Gasteiger partial charge in [0.2, 0.25) is 0 Å². The van der Waals surface area contributed by atoms with E-state index >= 15 is 0 Å². The number of hydrogen-bond donors (Lipinski definition) is 0. The van der Waals surface area contributed by atoms with Gasteiger partial charge in [0.1, 0.15) is 0 Å². The number of aromatic nitrogens is 1. The minimum absolute atomic E-state index is 0.349. The Bertz CT molecular complexity index is 291. The van der Waals surface area contributed by atoms with Crippen LogP contribution in [0.3, 0.4) is 0 Å². The maximum atomic E-state index is 4.48. The van der Waals surface area contributed by atoms with Crippen LogP contribution in [0, 0.1) is 5.41 Å². The van der Waals surface area contributed by atoms with Crippen molar-refractivity contribution in [2.75, 3.05) is 0 Å². The second-order valence-electron chi connectivity index (χ2n) is 5.05. The fourth-order valence-electron chi connectivity index (χ4n) is 2.16. The smallest absolute Gasteiger partial charge is 0.0470 e. The summed E-state index contributed by atoms with van der Waals surface area (Å²) < 4.78 is 0. The normalized spacial score (nSPS) is 19.9. The molecule has 1 nitrogen and oxygen atoms in total. The lowest BCUT2D eigenvalue weighted by molar-refractivity contribution is 0.293. The maximum absolute atomic E-state index is 4.48. The summed E-state index contributed by atoms with van der Waals surface area (Å²) in [5.41, 5.74) is 2.00. The number of pyridine rings is 1. The molecule has 1 heterocycles. The van der Waals surface area contributed by atoms with E-state index in [1.165, 1.54) is 18.5 Å². The zero-order valence-corrected chi connectivity index (χ0v) is 8.67. The zero-order chi connectivity index (χ0) is 9.53. The Morgan fingerprint density at radius 1 is 1.23 bits per heavy atom. The van der Waals surface area contributed by atoms with E-state index in [2.05, 4.69) is 37.9 Å². The Balaban J connectivity index is 2.37. The molecule has 1 aliphatic carbocycles. The van der Waals surface area contributed by atoms with Crippen LogP contribution in [0.4, 0.5) is 0 Å². The molecule has 13 heavy (non-hydrogen) atoms. The van der Waals surface area contributed by atoms with Gasteiger partial charge in [0, 0.05) is 17.3 Å². The van der Waals surface area contributed by atoms with Crippen molar-refractivity contribution in [3.05, 3.63) is 30.1 Å². The molecule has 0 amide bonds. The highest BCUT2D eigenvalue weighted by Gasteiger charge is 2.53. The third-order valence-electron chi connectivity index (χ3n) is 3.34. The van der Waals surface area contributed by atoms with Crippen molar-refractivity contribution in [2.45, 2.75) is 39.0 Å². The molecule has 1 aromatic heterocycles. The van der Waals surface area contributed by atoms with Crippen LogP contribution in [-0.2, 0) is 5.41 Å². The summed E-state index contributed by atoms with van der Waals surface area (Å²) in [7, 11) is 0. The Labute approximate surface area is 80.2 Å². The van der Waals surface area contributed by atoms with Crippen LogP contribution >= 0.6 is 0 Å². The van der Waals surface area contributed by atoms with E-state index in [1.54, 1.807) is 0 Å². The van der Waals surface area contributed by atoms with Gasteiger partial charge >= 0.3 is 0 Å². The molecule has 0 saturated heterocycles. The molecule has 1 fully saturated rings. The number of nitrogens with zero attached hydrogens (tertiary/aromatic N) is 1. The molecule has 0 N–H and O–H groups in total. The van der Waals surface area contributed by atoms with E-state index in [0.29, 0.717) is 10.8 Å². The van der Waals surface area contributed by atoms with E-state index in [9.17, 15) is 0 Å². The highest BCUT2D eigenvalue weighted by molar-refractivity contribution is 5.27. The molecule has 0 spiro atoms. The topological polar surface area (TPSA) is 12.9 Å². The van der Waals surface area contributed by atoms with Crippen molar-refractivity contribution in [2.24, 2.45) is 5.41 Å². The summed E-state index contributed by atoms with van der Waals surface area (Å²) in [6, 6.07) is 6.24. The van der Waals surface area contributed by atoms with Crippen LogP contribution in [-0.4, -0.2) is 4.98 Å². The van der Waals surface area contributed by atoms with Crippen molar-refractivity contribution in [3.8, 4) is 0 Å². The average Bonchev–Trinajstić information content (AvgIpc) is 2.84. The monoisotopic (exact) mass is 175 g/mol. The summed E-state index contributed by atoms with van der Waals surface area (Å²) >= 11 is 0. The summed E-state index contributed by atoms with van der Waals surface area (Å²) in [5, 5.41) is 0. The molecule has 1 heteroatoms. The Morgan fingerprint density at radius 2 is 1.92 bits per heavy atom. The van der Waals surface area contributed by atoms with E-state index in [4.69, 9.17) is 0 Å². The van der Waals surface area contributed by atoms with Crippen LogP contribution in [0.1, 0.15) is 39.3 Å². The molecular weight excluding hydrogens is 158 g/mol. The highest BCUT2D eigenvalue weighted by Crippen LogP contribution is 2.58. The van der Waals surface area contributed by atoms with Crippen molar-refractivity contribution in [1.29, 1.82) is 0 Å². The third kappa shape index (κ3) is 1.27. The van der Waals surface area contributed by atoms with E-state index in [1.807, 2.05) is 12.3 Å². The lowest BCUT2D eigenvalue weighted by Gasteiger charge is -2.30. The van der Waals surface area contributed by atoms with Crippen LogP contribution in [0.25, 0.3) is 0 Å². The van der Waals surface area contributed by atoms with Crippen molar-refractivity contribution in [1.82, 2.24) is 4.98 Å². The molecule has 2 rings (SSSR count). The minimum Gasteiger partial charge on any atom is -0.261 e. The fourth-order valence-corrected chi connectivity index (χ4v) is 2.16. The standard InChI is InChI=1S/C12H17N/c1-11(2,3)12(7-8-12)10-6-4-5-9-13-10/h4-6,9H,7-8H2,1-3H3. The van der Waals surface area contributed by atoms with Crippen LogP contribution < -0.4 is 0 Å². The van der Waals surface area contributed by atoms with Gasteiger partial charge in [0.05, 0.1) is 0 Å². The first-order valence-corrected chi connectivity index (χ1v) is 4.98. The lowest BCUT2D eigenvalue weighted by atomic mass is 9.75. The Hall–Kier alpha value is -0.850. The van der Waals surface area contributed by atoms with Crippen LogP contribution in [0.2, 0.25) is 0 Å². The van der Waals surface area contributed by atoms with Crippen molar-refractivity contribution in [3.63, 3.8) is 0 Å².